The van der Waals surface area contributed by atoms with Gasteiger partial charge in [-0.25, -0.2) is 0 Å². The average Bonchev–Trinajstić information content (AvgIpc) is 2.35. The fourth-order valence-corrected chi connectivity index (χ4v) is 3.35. The molecule has 3 nitrogen and oxygen atoms in total. The second kappa shape index (κ2) is 5.78. The Kier molecular flexibility index (Phi) is 4.34. The molecule has 3 N–H and O–H groups in total. The SMILES string of the molecule is Nc1ccc(NC(=O)C2CCCCS2)cc1Br. The molecule has 5 heteroatoms. The van der Waals surface area contributed by atoms with Crippen LogP contribution in [0.2, 0.25) is 0 Å². The third-order valence-electron chi connectivity index (χ3n) is 2.74. The number of nitrogens with two attached hydrogens (primary N) is 1. The topological polar surface area (TPSA) is 55.1 Å². The molecule has 0 saturated carbocycles. The molecule has 17 heavy (non-hydrogen) atoms. The van der Waals surface area contributed by atoms with E-state index in [0.29, 0.717) is 5.69 Å². The van der Waals surface area contributed by atoms with E-state index in [4.69, 9.17) is 5.73 Å². The molecule has 92 valence electrons. The van der Waals surface area contributed by atoms with E-state index >= 15 is 0 Å². The van der Waals surface area contributed by atoms with Crippen molar-refractivity contribution in [2.45, 2.75) is 24.5 Å². The first-order chi connectivity index (χ1) is 8.16. The molecule has 1 aromatic carbocycles. The first-order valence-electron chi connectivity index (χ1n) is 5.64. The zero-order valence-electron chi connectivity index (χ0n) is 9.41. The third kappa shape index (κ3) is 3.39. The van der Waals surface area contributed by atoms with Crippen molar-refractivity contribution in [2.24, 2.45) is 0 Å². The molecule has 1 amide bonds. The second-order valence-corrected chi connectivity index (χ2v) is 6.25. The number of rotatable bonds is 2. The van der Waals surface area contributed by atoms with E-state index in [-0.39, 0.29) is 11.2 Å². The van der Waals surface area contributed by atoms with E-state index in [2.05, 4.69) is 21.2 Å². The summed E-state index contributed by atoms with van der Waals surface area (Å²) in [6, 6.07) is 5.44. The molecule has 0 aromatic heterocycles. The summed E-state index contributed by atoms with van der Waals surface area (Å²) in [5, 5.41) is 3.03. The molecular weight excluding hydrogens is 300 g/mol. The van der Waals surface area contributed by atoms with Crippen molar-refractivity contribution in [1.82, 2.24) is 0 Å². The fourth-order valence-electron chi connectivity index (χ4n) is 1.78. The van der Waals surface area contributed by atoms with Crippen LogP contribution in [0.5, 0.6) is 0 Å². The van der Waals surface area contributed by atoms with Crippen molar-refractivity contribution >= 4 is 45.0 Å². The van der Waals surface area contributed by atoms with Crippen molar-refractivity contribution < 1.29 is 4.79 Å². The van der Waals surface area contributed by atoms with Gasteiger partial charge in [-0.15, -0.1) is 11.8 Å². The van der Waals surface area contributed by atoms with Gasteiger partial charge in [0.1, 0.15) is 0 Å². The number of carbonyl (C=O) groups is 1. The lowest BCUT2D eigenvalue weighted by atomic mass is 10.2. The lowest BCUT2D eigenvalue weighted by Crippen LogP contribution is -2.27. The molecule has 1 aliphatic rings. The third-order valence-corrected chi connectivity index (χ3v) is 4.80. The Morgan fingerprint density at radius 1 is 1.47 bits per heavy atom. The van der Waals surface area contributed by atoms with Gasteiger partial charge < -0.3 is 11.1 Å². The predicted octanol–water partition coefficient (Wildman–Crippen LogP) is 3.26. The number of amides is 1. The van der Waals surface area contributed by atoms with Crippen LogP contribution in [0, 0.1) is 0 Å². The van der Waals surface area contributed by atoms with Crippen molar-refractivity contribution in [2.75, 3.05) is 16.8 Å². The van der Waals surface area contributed by atoms with E-state index < -0.39 is 0 Å². The quantitative estimate of drug-likeness (QED) is 0.824. The average molecular weight is 315 g/mol. The van der Waals surface area contributed by atoms with Crippen LogP contribution in [0.4, 0.5) is 11.4 Å². The van der Waals surface area contributed by atoms with Crippen molar-refractivity contribution in [1.29, 1.82) is 0 Å². The Bertz CT molecular complexity index is 419. The van der Waals surface area contributed by atoms with Crippen LogP contribution in [-0.2, 0) is 4.79 Å². The first kappa shape index (κ1) is 12.8. The molecule has 0 bridgehead atoms. The highest BCUT2D eigenvalue weighted by Crippen LogP contribution is 2.27. The lowest BCUT2D eigenvalue weighted by molar-refractivity contribution is -0.115. The van der Waals surface area contributed by atoms with Gasteiger partial charge in [0.25, 0.3) is 0 Å². The molecule has 1 aliphatic heterocycles. The Balaban J connectivity index is 1.99. The molecule has 1 fully saturated rings. The van der Waals surface area contributed by atoms with Crippen LogP contribution in [0.25, 0.3) is 0 Å². The summed E-state index contributed by atoms with van der Waals surface area (Å²) >= 11 is 5.10. The van der Waals surface area contributed by atoms with Crippen molar-refractivity contribution in [3.63, 3.8) is 0 Å². The van der Waals surface area contributed by atoms with Gasteiger partial charge in [0.2, 0.25) is 5.91 Å². The fraction of sp³-hybridized carbons (Fsp3) is 0.417. The van der Waals surface area contributed by atoms with Gasteiger partial charge in [-0.1, -0.05) is 6.42 Å². The maximum atomic E-state index is 12.0. The van der Waals surface area contributed by atoms with Gasteiger partial charge in [-0.05, 0) is 52.7 Å². The number of nitrogen functional groups attached to an aromatic ring is 1. The van der Waals surface area contributed by atoms with Crippen LogP contribution in [0.15, 0.2) is 22.7 Å². The molecule has 1 aromatic rings. The minimum atomic E-state index is 0.0973. The minimum Gasteiger partial charge on any atom is -0.398 e. The van der Waals surface area contributed by atoms with Crippen LogP contribution in [0.1, 0.15) is 19.3 Å². The van der Waals surface area contributed by atoms with Crippen molar-refractivity contribution in [3.05, 3.63) is 22.7 Å². The molecule has 1 atom stereocenters. The summed E-state index contributed by atoms with van der Waals surface area (Å²) in [6.45, 7) is 0. The normalized spacial score (nSPS) is 19.9. The van der Waals surface area contributed by atoms with Gasteiger partial charge in [0.05, 0.1) is 5.25 Å². The smallest absolute Gasteiger partial charge is 0.237 e. The molecule has 1 heterocycles. The molecule has 0 spiro atoms. The van der Waals surface area contributed by atoms with Crippen LogP contribution in [0.3, 0.4) is 0 Å². The number of anilines is 2. The first-order valence-corrected chi connectivity index (χ1v) is 7.48. The Morgan fingerprint density at radius 2 is 2.29 bits per heavy atom. The van der Waals surface area contributed by atoms with Crippen LogP contribution in [-0.4, -0.2) is 16.9 Å². The number of hydrogen-bond donors (Lipinski definition) is 2. The summed E-state index contributed by atoms with van der Waals surface area (Å²) in [5.41, 5.74) is 7.17. The number of carbonyl (C=O) groups excluding carboxylic acids is 1. The molecule has 0 aliphatic carbocycles. The second-order valence-electron chi connectivity index (χ2n) is 4.08. The number of nitrogens with one attached hydrogen (secondary N) is 1. The molecule has 0 radical (unpaired) electrons. The Hall–Kier alpha value is -0.680. The number of benzene rings is 1. The molecule has 1 unspecified atom stereocenters. The highest BCUT2D eigenvalue weighted by atomic mass is 79.9. The van der Waals surface area contributed by atoms with E-state index in [0.717, 1.165) is 28.8 Å². The molecular formula is C12H15BrN2OS. The summed E-state index contributed by atoms with van der Waals surface area (Å²) < 4.78 is 0.812. The number of thioether (sulfide) groups is 1. The predicted molar refractivity (Wildman–Crippen MR) is 77.3 cm³/mol. The largest absolute Gasteiger partial charge is 0.398 e. The lowest BCUT2D eigenvalue weighted by Gasteiger charge is -2.20. The Labute approximate surface area is 114 Å². The summed E-state index contributed by atoms with van der Waals surface area (Å²) in [5.74, 6) is 1.19. The van der Waals surface area contributed by atoms with Gasteiger partial charge in [-0.3, -0.25) is 4.79 Å². The zero-order chi connectivity index (χ0) is 12.3. The summed E-state index contributed by atoms with van der Waals surface area (Å²) in [7, 11) is 0. The monoisotopic (exact) mass is 314 g/mol. The maximum absolute atomic E-state index is 12.0. The molecule has 1 saturated heterocycles. The highest BCUT2D eigenvalue weighted by molar-refractivity contribution is 9.10. The van der Waals surface area contributed by atoms with E-state index in [1.807, 2.05) is 12.1 Å². The zero-order valence-corrected chi connectivity index (χ0v) is 11.8. The molecule has 2 rings (SSSR count). The standard InChI is InChI=1S/C12H15BrN2OS/c13-9-7-8(4-5-10(9)14)15-12(16)11-3-1-2-6-17-11/h4-5,7,11H,1-3,6,14H2,(H,15,16). The summed E-state index contributed by atoms with van der Waals surface area (Å²) in [6.07, 6.45) is 3.35. The number of hydrogen-bond acceptors (Lipinski definition) is 3. The van der Waals surface area contributed by atoms with Gasteiger partial charge in [0, 0.05) is 15.8 Å². The number of halogens is 1. The van der Waals surface area contributed by atoms with E-state index in [1.165, 1.54) is 6.42 Å². The van der Waals surface area contributed by atoms with Crippen molar-refractivity contribution in [3.8, 4) is 0 Å². The highest BCUT2D eigenvalue weighted by Gasteiger charge is 2.21. The maximum Gasteiger partial charge on any atom is 0.237 e. The van der Waals surface area contributed by atoms with Crippen LogP contribution >= 0.6 is 27.7 Å². The Morgan fingerprint density at radius 3 is 2.94 bits per heavy atom. The van der Waals surface area contributed by atoms with Gasteiger partial charge >= 0.3 is 0 Å². The van der Waals surface area contributed by atoms with E-state index in [1.54, 1.807) is 17.8 Å². The van der Waals surface area contributed by atoms with Gasteiger partial charge in [0.15, 0.2) is 0 Å². The van der Waals surface area contributed by atoms with E-state index in [9.17, 15) is 4.79 Å². The van der Waals surface area contributed by atoms with Gasteiger partial charge in [-0.2, -0.15) is 0 Å². The van der Waals surface area contributed by atoms with Crippen LogP contribution < -0.4 is 11.1 Å². The summed E-state index contributed by atoms with van der Waals surface area (Å²) in [4.78, 5) is 12.0. The minimum absolute atomic E-state index is 0.0973.